The molecule has 1 aliphatic rings. The Balaban J connectivity index is 0.00000208. The predicted molar refractivity (Wildman–Crippen MR) is 202 cm³/mol. The molecule has 0 spiro atoms. The minimum absolute atomic E-state index is 0. The van der Waals surface area contributed by atoms with Crippen LogP contribution in [0.1, 0.15) is 22.6 Å². The zero-order chi connectivity index (χ0) is 31.6. The average molecular weight is 801 g/mol. The van der Waals surface area contributed by atoms with Crippen molar-refractivity contribution in [1.82, 2.24) is 0 Å². The maximum absolute atomic E-state index is 4.22. The zero-order valence-electron chi connectivity index (χ0n) is 26.5. The van der Waals surface area contributed by atoms with E-state index in [4.69, 9.17) is 0 Å². The zero-order valence-corrected chi connectivity index (χ0v) is 31.4. The summed E-state index contributed by atoms with van der Waals surface area (Å²) in [5.41, 5.74) is 4.08. The number of allylic oxidation sites excluding steroid dienone is 1. The van der Waals surface area contributed by atoms with Crippen LogP contribution in [0.3, 0.4) is 0 Å². The van der Waals surface area contributed by atoms with Gasteiger partial charge in [0, 0.05) is 0 Å². The summed E-state index contributed by atoms with van der Waals surface area (Å²) in [5, 5.41) is 9.47. The maximum atomic E-state index is 4.22. The van der Waals surface area contributed by atoms with E-state index < -0.39 is 15.8 Å². The molecule has 0 aliphatic heterocycles. The van der Waals surface area contributed by atoms with Crippen LogP contribution < -0.4 is 51.3 Å². The van der Waals surface area contributed by atoms with Gasteiger partial charge in [-0.1, -0.05) is 0 Å². The van der Waals surface area contributed by atoms with Crippen LogP contribution >= 0.6 is 15.8 Å². The van der Waals surface area contributed by atoms with Gasteiger partial charge in [0.25, 0.3) is 0 Å². The molecule has 0 fully saturated rings. The summed E-state index contributed by atoms with van der Waals surface area (Å²) in [6.07, 6.45) is 4.85. The van der Waals surface area contributed by atoms with Gasteiger partial charge in [0.1, 0.15) is 0 Å². The quantitative estimate of drug-likeness (QED) is 0.172. The molecule has 0 saturated heterocycles. The van der Waals surface area contributed by atoms with E-state index in [1.807, 2.05) is 0 Å². The first-order valence-electron chi connectivity index (χ1n) is 16.0. The molecule has 49 heavy (non-hydrogen) atoms. The Morgan fingerprint density at radius 2 is 0.939 bits per heavy atom. The summed E-state index contributed by atoms with van der Waals surface area (Å²) in [6.45, 7) is 0. The first-order chi connectivity index (χ1) is 23.2. The molecule has 0 nitrogen and oxygen atoms in total. The van der Waals surface area contributed by atoms with Crippen molar-refractivity contribution in [1.29, 1.82) is 0 Å². The van der Waals surface area contributed by atoms with Gasteiger partial charge in [-0.05, 0) is 0 Å². The minimum atomic E-state index is -0.880. The molecule has 7 aromatic carbocycles. The molecule has 0 aromatic heterocycles. The van der Waals surface area contributed by atoms with Gasteiger partial charge in [-0.25, -0.2) is 0 Å². The number of hydrogen-bond acceptors (Lipinski definition) is 0. The Morgan fingerprint density at radius 1 is 0.469 bits per heavy atom. The number of halogens is 2. The van der Waals surface area contributed by atoms with Gasteiger partial charge in [0.05, 0.1) is 0 Å². The van der Waals surface area contributed by atoms with Gasteiger partial charge < -0.3 is 24.8 Å². The molecule has 1 aliphatic carbocycles. The molecule has 2 unspecified atom stereocenters. The third kappa shape index (κ3) is 6.75. The van der Waals surface area contributed by atoms with E-state index in [1.165, 1.54) is 54.0 Å². The van der Waals surface area contributed by atoms with Crippen molar-refractivity contribution >= 4 is 59.2 Å². The second kappa shape index (κ2) is 15.7. The second-order valence-corrected chi connectivity index (χ2v) is 18.3. The number of fused-ring (bicyclic) bond motifs is 2. The Labute approximate surface area is 315 Å². The van der Waals surface area contributed by atoms with Crippen molar-refractivity contribution in [2.75, 3.05) is 0 Å². The van der Waals surface area contributed by atoms with Gasteiger partial charge in [0.2, 0.25) is 0 Å². The van der Waals surface area contributed by atoms with Crippen LogP contribution in [-0.4, -0.2) is 3.63 Å². The van der Waals surface area contributed by atoms with Gasteiger partial charge >= 0.3 is 293 Å². The fraction of sp³-hybridized carbons (Fsp3) is 0.0455. The summed E-state index contributed by atoms with van der Waals surface area (Å²) in [7, 11) is -1.74. The molecule has 243 valence electrons. The summed E-state index contributed by atoms with van der Waals surface area (Å²) in [6, 6.07) is 67.4. The molecule has 2 atom stereocenters. The van der Waals surface area contributed by atoms with Crippen LogP contribution in [0.4, 0.5) is 0 Å². The van der Waals surface area contributed by atoms with Gasteiger partial charge in [-0.2, -0.15) is 0 Å². The SMILES string of the molecule is [Cl-].[Cl-].[Pd+2][C]1(P(c2ccccc2)c2ccccc2)C=Cc2ccccc2C1c1c(P(c2ccccc2)c2ccccc2)ccc2ccccc12. The van der Waals surface area contributed by atoms with E-state index in [1.54, 1.807) is 0 Å². The van der Waals surface area contributed by atoms with E-state index in [2.05, 4.69) is 213 Å². The third-order valence-corrected chi connectivity index (χ3v) is 16.0. The van der Waals surface area contributed by atoms with Crippen LogP contribution in [0.15, 0.2) is 188 Å². The fourth-order valence-corrected chi connectivity index (χ4v) is 14.1. The molecule has 7 aromatic rings. The summed E-state index contributed by atoms with van der Waals surface area (Å²) in [5.74, 6) is 0.0525. The van der Waals surface area contributed by atoms with Crippen LogP contribution in [0.25, 0.3) is 16.8 Å². The number of benzene rings is 7. The Bertz CT molecular complexity index is 2100. The topological polar surface area (TPSA) is 0 Å². The second-order valence-electron chi connectivity index (χ2n) is 11.8. The van der Waals surface area contributed by atoms with Crippen molar-refractivity contribution in [2.24, 2.45) is 0 Å². The molecule has 5 heteroatoms. The van der Waals surface area contributed by atoms with Crippen LogP contribution in [0, 0.1) is 0 Å². The number of rotatable bonds is 7. The molecule has 0 N–H and O–H groups in total. The van der Waals surface area contributed by atoms with Gasteiger partial charge in [0.15, 0.2) is 0 Å². The van der Waals surface area contributed by atoms with E-state index >= 15 is 0 Å². The van der Waals surface area contributed by atoms with E-state index in [-0.39, 0.29) is 34.4 Å². The molecule has 0 radical (unpaired) electrons. The molecule has 0 bridgehead atoms. The van der Waals surface area contributed by atoms with Crippen molar-refractivity contribution in [3.05, 3.63) is 205 Å². The van der Waals surface area contributed by atoms with E-state index in [9.17, 15) is 0 Å². The average Bonchev–Trinajstić information content (AvgIpc) is 3.14. The van der Waals surface area contributed by atoms with Crippen molar-refractivity contribution in [3.8, 4) is 0 Å². The third-order valence-electron chi connectivity index (χ3n) is 9.04. The van der Waals surface area contributed by atoms with Gasteiger partial charge in [-0.15, -0.1) is 0 Å². The van der Waals surface area contributed by atoms with Crippen LogP contribution in [0.2, 0.25) is 0 Å². The first kappa shape index (κ1) is 35.5. The van der Waals surface area contributed by atoms with E-state index in [0.717, 1.165) is 0 Å². The summed E-state index contributed by atoms with van der Waals surface area (Å²) < 4.78 is -0.373. The summed E-state index contributed by atoms with van der Waals surface area (Å²) in [4.78, 5) is 0. The molecular formula is C44H33Cl2P2Pd. The van der Waals surface area contributed by atoms with Crippen LogP contribution in [0.5, 0.6) is 0 Å². The predicted octanol–water partition coefficient (Wildman–Crippen LogP) is 3.14. The Morgan fingerprint density at radius 3 is 1.51 bits per heavy atom. The Hall–Kier alpha value is -3.36. The van der Waals surface area contributed by atoms with Crippen molar-refractivity contribution in [3.63, 3.8) is 0 Å². The summed E-state index contributed by atoms with van der Waals surface area (Å²) >= 11 is 4.22. The normalized spacial score (nSPS) is 16.5. The molecular weight excluding hydrogens is 768 g/mol. The molecule has 0 saturated carbocycles. The Kier molecular flexibility index (Phi) is 11.3. The van der Waals surface area contributed by atoms with Crippen molar-refractivity contribution in [2.45, 2.75) is 9.55 Å². The fourth-order valence-electron chi connectivity index (χ4n) is 7.03. The molecule has 0 heterocycles. The van der Waals surface area contributed by atoms with E-state index in [0.29, 0.717) is 0 Å². The molecule has 0 amide bonds. The van der Waals surface area contributed by atoms with Crippen molar-refractivity contribution < 1.29 is 44.0 Å². The number of hydrogen-bond donors (Lipinski definition) is 0. The van der Waals surface area contributed by atoms with Crippen LogP contribution in [-0.2, 0) is 19.2 Å². The monoisotopic (exact) mass is 799 g/mol. The van der Waals surface area contributed by atoms with Gasteiger partial charge in [-0.3, -0.25) is 0 Å². The molecule has 8 rings (SSSR count). The first-order valence-corrected chi connectivity index (χ1v) is 19.4. The standard InChI is InChI=1S/C44H33P2.2ClH.Pd/c1-5-19-35(20-6-1)45(36-21-7-2-8-22-36)41-31-29-33-17-13-15-27-39(33)43(41)44-40-28-16-14-18-34(40)30-32-42(44)46(37-23-9-3-10-24-37)38-25-11-4-12-26-38;;;/h1-32,43H;2*1H;/q;;;+2/p-2.